The smallest absolute Gasteiger partial charge is 0.312 e. The molecule has 0 bridgehead atoms. The van der Waals surface area contributed by atoms with E-state index in [4.69, 9.17) is 14.2 Å². The molecule has 3 heterocycles. The predicted molar refractivity (Wildman–Crippen MR) is 181 cm³/mol. The van der Waals surface area contributed by atoms with Crippen molar-refractivity contribution in [1.82, 2.24) is 0 Å². The van der Waals surface area contributed by atoms with Crippen LogP contribution in [0.1, 0.15) is 74.4 Å². The van der Waals surface area contributed by atoms with Gasteiger partial charge in [-0.3, -0.25) is 0 Å². The molecule has 0 amide bonds. The molecule has 4 aromatic rings. The van der Waals surface area contributed by atoms with Crippen molar-refractivity contribution >= 4 is 11.4 Å². The summed E-state index contributed by atoms with van der Waals surface area (Å²) in [6.45, 7) is 17.8. The third-order valence-electron chi connectivity index (χ3n) is 9.78. The van der Waals surface area contributed by atoms with Crippen LogP contribution in [0.2, 0.25) is 0 Å². The van der Waals surface area contributed by atoms with Crippen molar-refractivity contribution in [3.8, 4) is 11.5 Å². The van der Waals surface area contributed by atoms with E-state index in [1.165, 1.54) is 45.0 Å². The van der Waals surface area contributed by atoms with Gasteiger partial charge in [-0.2, -0.15) is 0 Å². The second-order valence-electron chi connectivity index (χ2n) is 13.1. The molecule has 7 rings (SSSR count). The monoisotopic (exact) mass is 598 g/mol. The van der Waals surface area contributed by atoms with Crippen molar-refractivity contribution < 1.29 is 14.2 Å². The fourth-order valence-corrected chi connectivity index (χ4v) is 7.68. The van der Waals surface area contributed by atoms with Crippen LogP contribution in [0.3, 0.4) is 0 Å². The van der Waals surface area contributed by atoms with E-state index in [0.29, 0.717) is 6.42 Å². The first-order valence-electron chi connectivity index (χ1n) is 15.9. The average molecular weight is 599 g/mol. The zero-order chi connectivity index (χ0) is 31.7. The summed E-state index contributed by atoms with van der Waals surface area (Å²) in [6.07, 6.45) is 1.52. The van der Waals surface area contributed by atoms with Crippen LogP contribution in [0.4, 0.5) is 11.4 Å². The first-order chi connectivity index (χ1) is 21.5. The van der Waals surface area contributed by atoms with Gasteiger partial charge in [0.1, 0.15) is 28.7 Å². The van der Waals surface area contributed by atoms with Crippen molar-refractivity contribution in [3.05, 3.63) is 141 Å². The highest BCUT2D eigenvalue weighted by Crippen LogP contribution is 2.55. The Morgan fingerprint density at radius 3 is 1.67 bits per heavy atom. The van der Waals surface area contributed by atoms with E-state index in [1.54, 1.807) is 0 Å². The molecule has 0 saturated heterocycles. The average Bonchev–Trinajstić information content (AvgIpc) is 3.42. The first-order valence-corrected chi connectivity index (χ1v) is 15.9. The Kier molecular flexibility index (Phi) is 6.77. The summed E-state index contributed by atoms with van der Waals surface area (Å²) in [4.78, 5) is 5.06. The Labute approximate surface area is 267 Å². The highest BCUT2D eigenvalue weighted by molar-refractivity contribution is 5.75. The number of anilines is 2. The lowest BCUT2D eigenvalue weighted by Crippen LogP contribution is -2.51. The lowest BCUT2D eigenvalue weighted by Gasteiger charge is -2.44. The number of para-hydroxylation sites is 4. The van der Waals surface area contributed by atoms with Crippen LogP contribution in [0.15, 0.2) is 108 Å². The van der Waals surface area contributed by atoms with Gasteiger partial charge >= 0.3 is 5.79 Å². The summed E-state index contributed by atoms with van der Waals surface area (Å²) in [7, 11) is 0. The summed E-state index contributed by atoms with van der Waals surface area (Å²) in [5.74, 6) is 2.14. The molecule has 0 fully saturated rings. The van der Waals surface area contributed by atoms with E-state index in [-0.39, 0.29) is 5.66 Å². The molecule has 4 aromatic carbocycles. The standard InChI is InChI=1S/C40H42N2O3/c1-25-15-13-16-26(2)37(25)41-28(4)29(5)42(39(41,7)8)38-27(3)17-14-18-31(38)23-24-34-30(6)44-40(45-34)32-19-9-11-21-35(32)43-36-22-12-10-20-33(36)40/h9-22H,23-24H2,1-8H3. The van der Waals surface area contributed by atoms with Crippen molar-refractivity contribution in [2.24, 2.45) is 0 Å². The quantitative estimate of drug-likeness (QED) is 0.228. The molecule has 0 N–H and O–H groups in total. The summed E-state index contributed by atoms with van der Waals surface area (Å²) in [5, 5.41) is 0. The highest BCUT2D eigenvalue weighted by Gasteiger charge is 2.51. The van der Waals surface area contributed by atoms with Crippen LogP contribution in [0.5, 0.6) is 11.5 Å². The van der Waals surface area contributed by atoms with Crippen LogP contribution >= 0.6 is 0 Å². The maximum Gasteiger partial charge on any atom is 0.312 e. The summed E-state index contributed by atoms with van der Waals surface area (Å²) >= 11 is 0. The SMILES string of the molecule is CC1=C(CCc2cccc(C)c2N2C(C)=C(C)N(c3c(C)cccc3C)C2(C)C)OC2(O1)c1ccccc1Oc1ccccc12. The second-order valence-corrected chi connectivity index (χ2v) is 13.1. The number of nitrogens with zero attached hydrogens (tertiary/aromatic N) is 2. The van der Waals surface area contributed by atoms with E-state index < -0.39 is 5.79 Å². The van der Waals surface area contributed by atoms with Crippen LogP contribution in [-0.2, 0) is 21.7 Å². The molecular weight excluding hydrogens is 556 g/mol. The minimum absolute atomic E-state index is 0.312. The molecule has 5 heteroatoms. The van der Waals surface area contributed by atoms with Crippen molar-refractivity contribution in [1.29, 1.82) is 0 Å². The van der Waals surface area contributed by atoms with E-state index >= 15 is 0 Å². The van der Waals surface area contributed by atoms with Crippen LogP contribution in [-0.4, -0.2) is 5.66 Å². The molecule has 45 heavy (non-hydrogen) atoms. The van der Waals surface area contributed by atoms with Crippen LogP contribution in [0.25, 0.3) is 0 Å². The molecule has 0 saturated carbocycles. The molecule has 0 radical (unpaired) electrons. The third-order valence-corrected chi connectivity index (χ3v) is 9.78. The van der Waals surface area contributed by atoms with Gasteiger partial charge in [-0.1, -0.05) is 60.7 Å². The second kappa shape index (κ2) is 10.5. The molecule has 1 spiro atoms. The first kappa shape index (κ1) is 29.1. The Balaban J connectivity index is 1.22. The van der Waals surface area contributed by atoms with E-state index in [0.717, 1.165) is 40.6 Å². The minimum atomic E-state index is -1.06. The fourth-order valence-electron chi connectivity index (χ4n) is 7.68. The highest BCUT2D eigenvalue weighted by atomic mass is 16.7. The molecule has 230 valence electrons. The van der Waals surface area contributed by atoms with Gasteiger partial charge in [0.2, 0.25) is 0 Å². The van der Waals surface area contributed by atoms with Crippen molar-refractivity contribution in [2.45, 2.75) is 79.7 Å². The predicted octanol–water partition coefficient (Wildman–Crippen LogP) is 10.1. The van der Waals surface area contributed by atoms with Crippen molar-refractivity contribution in [3.63, 3.8) is 0 Å². The topological polar surface area (TPSA) is 34.2 Å². The maximum absolute atomic E-state index is 6.90. The van der Waals surface area contributed by atoms with E-state index in [2.05, 4.69) is 94.7 Å². The lowest BCUT2D eigenvalue weighted by molar-refractivity contribution is -0.132. The molecule has 0 aliphatic carbocycles. The number of rotatable bonds is 5. The number of ether oxygens (including phenoxy) is 3. The number of allylic oxidation sites excluding steroid dienone is 4. The molecule has 0 unspecified atom stereocenters. The Morgan fingerprint density at radius 2 is 1.07 bits per heavy atom. The molecule has 3 aliphatic heterocycles. The van der Waals surface area contributed by atoms with Gasteiger partial charge < -0.3 is 24.0 Å². The maximum atomic E-state index is 6.90. The molecule has 0 atom stereocenters. The molecule has 5 nitrogen and oxygen atoms in total. The van der Waals surface area contributed by atoms with Gasteiger partial charge in [0.15, 0.2) is 0 Å². The largest absolute Gasteiger partial charge is 0.456 e. The van der Waals surface area contributed by atoms with Gasteiger partial charge in [0, 0.05) is 29.2 Å². The zero-order valence-electron chi connectivity index (χ0n) is 27.6. The van der Waals surface area contributed by atoms with Gasteiger partial charge in [0.05, 0.1) is 11.1 Å². The number of hydrogen-bond donors (Lipinski definition) is 0. The lowest BCUT2D eigenvalue weighted by atomic mass is 9.93. The Bertz CT molecular complexity index is 1830. The minimum Gasteiger partial charge on any atom is -0.456 e. The van der Waals surface area contributed by atoms with E-state index in [1.807, 2.05) is 55.5 Å². The molecule has 0 aromatic heterocycles. The number of hydrogen-bond acceptors (Lipinski definition) is 5. The van der Waals surface area contributed by atoms with Gasteiger partial charge in [0.25, 0.3) is 0 Å². The molecular formula is C40H42N2O3. The van der Waals surface area contributed by atoms with Crippen molar-refractivity contribution in [2.75, 3.05) is 9.80 Å². The summed E-state index contributed by atoms with van der Waals surface area (Å²) in [6, 6.07) is 29.2. The number of fused-ring (bicyclic) bond motifs is 4. The van der Waals surface area contributed by atoms with Gasteiger partial charge in [-0.15, -0.1) is 0 Å². The summed E-state index contributed by atoms with van der Waals surface area (Å²) in [5.41, 5.74) is 11.7. The fraction of sp³-hybridized carbons (Fsp3) is 0.300. The zero-order valence-corrected chi connectivity index (χ0v) is 27.6. The third kappa shape index (κ3) is 4.35. The normalized spacial score (nSPS) is 17.7. The van der Waals surface area contributed by atoms with E-state index in [9.17, 15) is 0 Å². The summed E-state index contributed by atoms with van der Waals surface area (Å²) < 4.78 is 19.9. The van der Waals surface area contributed by atoms with Crippen LogP contribution < -0.4 is 14.5 Å². The Hall–Kier alpha value is -4.64. The Morgan fingerprint density at radius 1 is 0.556 bits per heavy atom. The molecule has 3 aliphatic rings. The van der Waals surface area contributed by atoms with Crippen LogP contribution in [0, 0.1) is 20.8 Å². The number of aryl methyl sites for hydroxylation is 4. The van der Waals surface area contributed by atoms with Gasteiger partial charge in [-0.05, 0) is 108 Å². The number of benzene rings is 4. The van der Waals surface area contributed by atoms with Gasteiger partial charge in [-0.25, -0.2) is 0 Å².